The lowest BCUT2D eigenvalue weighted by Crippen LogP contribution is -2.47. The van der Waals surface area contributed by atoms with E-state index >= 15 is 0 Å². The van der Waals surface area contributed by atoms with Crippen molar-refractivity contribution >= 4 is 16.0 Å². The van der Waals surface area contributed by atoms with E-state index in [0.717, 1.165) is 4.31 Å². The molecule has 1 aromatic carbocycles. The highest BCUT2D eigenvalue weighted by atomic mass is 32.2. The Balaban J connectivity index is 2.56. The second kappa shape index (κ2) is 6.53. The van der Waals surface area contributed by atoms with E-state index in [1.807, 2.05) is 0 Å². The maximum Gasteiger partial charge on any atom is 0.322 e. The van der Waals surface area contributed by atoms with Crippen molar-refractivity contribution in [1.29, 1.82) is 0 Å². The number of ether oxygens (including phenoxy) is 2. The highest BCUT2D eigenvalue weighted by molar-refractivity contribution is 7.89. The van der Waals surface area contributed by atoms with Gasteiger partial charge in [0.15, 0.2) is 4.90 Å². The van der Waals surface area contributed by atoms with Gasteiger partial charge in [0.25, 0.3) is 10.0 Å². The molecule has 8 heteroatoms. The predicted octanol–water partition coefficient (Wildman–Crippen LogP) is 1.33. The van der Waals surface area contributed by atoms with E-state index in [-0.39, 0.29) is 22.9 Å². The van der Waals surface area contributed by atoms with E-state index in [1.54, 1.807) is 6.07 Å². The molecule has 122 valence electrons. The van der Waals surface area contributed by atoms with Gasteiger partial charge in [0.2, 0.25) is 0 Å². The molecule has 1 N–H and O–H groups in total. The minimum atomic E-state index is -4.04. The van der Waals surface area contributed by atoms with Crippen LogP contribution in [0.1, 0.15) is 19.3 Å². The Morgan fingerprint density at radius 2 is 1.82 bits per heavy atom. The first-order valence-electron chi connectivity index (χ1n) is 6.89. The summed E-state index contributed by atoms with van der Waals surface area (Å²) in [7, 11) is -1.32. The quantitative estimate of drug-likeness (QED) is 0.876. The van der Waals surface area contributed by atoms with Crippen LogP contribution >= 0.6 is 0 Å². The van der Waals surface area contributed by atoms with Crippen LogP contribution in [-0.4, -0.2) is 50.6 Å². The molecule has 1 aliphatic rings. The summed E-state index contributed by atoms with van der Waals surface area (Å²) >= 11 is 0. The summed E-state index contributed by atoms with van der Waals surface area (Å²) in [6.07, 6.45) is 1.61. The van der Waals surface area contributed by atoms with Gasteiger partial charge in [-0.25, -0.2) is 8.42 Å². The third-order valence-corrected chi connectivity index (χ3v) is 5.66. The first kappa shape index (κ1) is 16.6. The first-order chi connectivity index (χ1) is 10.4. The monoisotopic (exact) mass is 329 g/mol. The number of carbonyl (C=O) groups is 1. The average molecular weight is 329 g/mol. The fourth-order valence-electron chi connectivity index (χ4n) is 2.63. The molecule has 22 heavy (non-hydrogen) atoms. The van der Waals surface area contributed by atoms with Crippen LogP contribution in [0.3, 0.4) is 0 Å². The van der Waals surface area contributed by atoms with Crippen LogP contribution in [0.15, 0.2) is 23.1 Å². The number of hydrogen-bond acceptors (Lipinski definition) is 5. The minimum absolute atomic E-state index is 0.131. The van der Waals surface area contributed by atoms with Crippen molar-refractivity contribution in [2.75, 3.05) is 20.8 Å². The van der Waals surface area contributed by atoms with Crippen molar-refractivity contribution in [1.82, 2.24) is 4.31 Å². The smallest absolute Gasteiger partial charge is 0.322 e. The summed E-state index contributed by atoms with van der Waals surface area (Å²) < 4.78 is 37.2. The van der Waals surface area contributed by atoms with Gasteiger partial charge in [0.1, 0.15) is 17.5 Å². The van der Waals surface area contributed by atoms with E-state index in [0.29, 0.717) is 19.3 Å². The molecule has 1 saturated heterocycles. The van der Waals surface area contributed by atoms with Crippen molar-refractivity contribution in [3.05, 3.63) is 18.2 Å². The summed E-state index contributed by atoms with van der Waals surface area (Å²) in [5, 5.41) is 9.30. The first-order valence-corrected chi connectivity index (χ1v) is 8.33. The number of carboxylic acids is 1. The third kappa shape index (κ3) is 2.89. The molecular weight excluding hydrogens is 310 g/mol. The fourth-order valence-corrected chi connectivity index (χ4v) is 4.57. The zero-order valence-electron chi connectivity index (χ0n) is 12.5. The van der Waals surface area contributed by atoms with Gasteiger partial charge in [-0.2, -0.15) is 4.31 Å². The van der Waals surface area contributed by atoms with Crippen molar-refractivity contribution in [3.8, 4) is 11.5 Å². The summed E-state index contributed by atoms with van der Waals surface area (Å²) in [5.41, 5.74) is 0. The Hall–Kier alpha value is -1.80. The molecule has 0 amide bonds. The van der Waals surface area contributed by atoms with Crippen LogP contribution in [0.25, 0.3) is 0 Å². The van der Waals surface area contributed by atoms with Gasteiger partial charge in [-0.3, -0.25) is 4.79 Å². The van der Waals surface area contributed by atoms with Crippen LogP contribution in [0, 0.1) is 0 Å². The molecular formula is C14H19NO6S. The lowest BCUT2D eigenvalue weighted by atomic mass is 10.1. The topological polar surface area (TPSA) is 93.1 Å². The molecule has 1 fully saturated rings. The fraction of sp³-hybridized carbons (Fsp3) is 0.500. The Labute approximate surface area is 129 Å². The van der Waals surface area contributed by atoms with Crippen molar-refractivity contribution in [3.63, 3.8) is 0 Å². The molecule has 0 radical (unpaired) electrons. The number of piperidine rings is 1. The molecule has 1 unspecified atom stereocenters. The Morgan fingerprint density at radius 3 is 2.32 bits per heavy atom. The minimum Gasteiger partial charge on any atom is -0.495 e. The van der Waals surface area contributed by atoms with Gasteiger partial charge in [0, 0.05) is 6.54 Å². The van der Waals surface area contributed by atoms with Gasteiger partial charge in [-0.1, -0.05) is 6.07 Å². The standard InChI is InChI=1S/C14H19NO6S/c1-20-11-7-5-8-12(21-2)13(11)22(18,19)15-9-4-3-6-10(15)14(16)17/h5,7-8,10H,3-4,6,9H2,1-2H3,(H,16,17). The molecule has 7 nitrogen and oxygen atoms in total. The van der Waals surface area contributed by atoms with Gasteiger partial charge in [0.05, 0.1) is 14.2 Å². The second-order valence-electron chi connectivity index (χ2n) is 4.96. The summed E-state index contributed by atoms with van der Waals surface area (Å²) in [6, 6.07) is 3.57. The predicted molar refractivity (Wildman–Crippen MR) is 78.7 cm³/mol. The molecule has 0 aromatic heterocycles. The number of carboxylic acid groups (broad SMARTS) is 1. The number of sulfonamides is 1. The van der Waals surface area contributed by atoms with Crippen LogP contribution < -0.4 is 9.47 Å². The van der Waals surface area contributed by atoms with Gasteiger partial charge in [-0.05, 0) is 31.4 Å². The highest BCUT2D eigenvalue weighted by Crippen LogP contribution is 2.37. The highest BCUT2D eigenvalue weighted by Gasteiger charge is 2.40. The van der Waals surface area contributed by atoms with Crippen molar-refractivity contribution in [2.45, 2.75) is 30.2 Å². The van der Waals surface area contributed by atoms with Crippen LogP contribution in [0.2, 0.25) is 0 Å². The molecule has 0 spiro atoms. The van der Waals surface area contributed by atoms with Crippen LogP contribution in [0.4, 0.5) is 0 Å². The van der Waals surface area contributed by atoms with E-state index < -0.39 is 22.0 Å². The zero-order chi connectivity index (χ0) is 16.3. The molecule has 2 rings (SSSR count). The summed E-state index contributed by atoms with van der Waals surface area (Å²) in [6.45, 7) is 0.167. The van der Waals surface area contributed by atoms with E-state index in [4.69, 9.17) is 9.47 Å². The molecule has 1 heterocycles. The maximum absolute atomic E-state index is 13.0. The number of hydrogen-bond donors (Lipinski definition) is 1. The molecule has 0 aliphatic carbocycles. The third-order valence-electron chi connectivity index (χ3n) is 3.69. The lowest BCUT2D eigenvalue weighted by Gasteiger charge is -2.32. The Kier molecular flexibility index (Phi) is 4.92. The van der Waals surface area contributed by atoms with E-state index in [2.05, 4.69) is 0 Å². The van der Waals surface area contributed by atoms with Gasteiger partial charge < -0.3 is 14.6 Å². The Morgan fingerprint density at radius 1 is 1.23 bits per heavy atom. The van der Waals surface area contributed by atoms with Gasteiger partial charge >= 0.3 is 5.97 Å². The second-order valence-corrected chi connectivity index (χ2v) is 6.78. The molecule has 0 saturated carbocycles. The van der Waals surface area contributed by atoms with Crippen LogP contribution in [-0.2, 0) is 14.8 Å². The molecule has 1 aromatic rings. The maximum atomic E-state index is 13.0. The van der Waals surface area contributed by atoms with E-state index in [9.17, 15) is 18.3 Å². The lowest BCUT2D eigenvalue weighted by molar-refractivity contribution is -0.142. The molecule has 1 atom stereocenters. The number of methoxy groups -OCH3 is 2. The normalized spacial score (nSPS) is 19.6. The number of nitrogens with zero attached hydrogens (tertiary/aromatic N) is 1. The zero-order valence-corrected chi connectivity index (χ0v) is 13.3. The summed E-state index contributed by atoms with van der Waals surface area (Å²) in [4.78, 5) is 11.3. The van der Waals surface area contributed by atoms with Crippen molar-refractivity contribution in [2.24, 2.45) is 0 Å². The van der Waals surface area contributed by atoms with Crippen molar-refractivity contribution < 1.29 is 27.8 Å². The number of aliphatic carboxylic acids is 1. The molecule has 0 bridgehead atoms. The Bertz CT molecular complexity index is 635. The number of benzene rings is 1. The van der Waals surface area contributed by atoms with Gasteiger partial charge in [-0.15, -0.1) is 0 Å². The van der Waals surface area contributed by atoms with Crippen LogP contribution in [0.5, 0.6) is 11.5 Å². The SMILES string of the molecule is COc1cccc(OC)c1S(=O)(=O)N1CCCCC1C(=O)O. The average Bonchev–Trinajstić information content (AvgIpc) is 2.53. The largest absolute Gasteiger partial charge is 0.495 e. The number of rotatable bonds is 5. The van der Waals surface area contributed by atoms with E-state index in [1.165, 1.54) is 26.4 Å². The molecule has 1 aliphatic heterocycles. The summed E-state index contributed by atoms with van der Waals surface area (Å²) in [5.74, 6) is -0.875.